The molecule has 10 heteroatoms. The Bertz CT molecular complexity index is 1180. The summed E-state index contributed by atoms with van der Waals surface area (Å²) in [5.41, 5.74) is 1.24. The maximum absolute atomic E-state index is 13.3. The number of hydrogen-bond donors (Lipinski definition) is 2. The van der Waals surface area contributed by atoms with E-state index in [0.29, 0.717) is 22.8 Å². The lowest BCUT2D eigenvalue weighted by atomic mass is 10.0. The predicted molar refractivity (Wildman–Crippen MR) is 105 cm³/mol. The predicted octanol–water partition coefficient (Wildman–Crippen LogP) is 1.22. The summed E-state index contributed by atoms with van der Waals surface area (Å²) >= 11 is 0. The van der Waals surface area contributed by atoms with Gasteiger partial charge in [0.15, 0.2) is 11.6 Å². The molecule has 2 aromatic carbocycles. The van der Waals surface area contributed by atoms with Gasteiger partial charge in [-0.25, -0.2) is 8.78 Å². The highest BCUT2D eigenvalue weighted by Crippen LogP contribution is 2.29. The minimum Gasteiger partial charge on any atom is -0.345 e. The highest BCUT2D eigenvalue weighted by Gasteiger charge is 2.39. The maximum Gasteiger partial charge on any atom is 0.292 e. The number of Topliss-reactive ketones (excluding diaryl/α,β-unsaturated/α-hetero) is 1. The van der Waals surface area contributed by atoms with Crippen molar-refractivity contribution in [3.05, 3.63) is 70.3 Å². The van der Waals surface area contributed by atoms with Crippen LogP contribution in [0.4, 0.5) is 8.78 Å². The summed E-state index contributed by atoms with van der Waals surface area (Å²) in [6, 6.07) is 6.53. The number of amides is 4. The summed E-state index contributed by atoms with van der Waals surface area (Å²) < 4.78 is 26.4. The minimum absolute atomic E-state index is 0.0894. The van der Waals surface area contributed by atoms with Gasteiger partial charge in [-0.1, -0.05) is 12.1 Å². The van der Waals surface area contributed by atoms with E-state index in [1.165, 1.54) is 4.90 Å². The van der Waals surface area contributed by atoms with E-state index in [2.05, 4.69) is 10.6 Å². The van der Waals surface area contributed by atoms with Gasteiger partial charge in [-0.05, 0) is 41.8 Å². The third-order valence-electron chi connectivity index (χ3n) is 5.51. The standard InChI is InChI=1S/C22H17F2N3O5/c23-15-5-4-11(8-16(15)24)19(29)21(31)25-9-12-2-1-3-13-14(12)10-27(22(13)32)17-6-7-18(28)26-20(17)30/h1-5,8,17H,6-7,9-10H2,(H,25,31)(H,26,28,30). The van der Waals surface area contributed by atoms with Crippen molar-refractivity contribution in [1.29, 1.82) is 0 Å². The number of ketones is 1. The van der Waals surface area contributed by atoms with Gasteiger partial charge < -0.3 is 10.2 Å². The fraction of sp³-hybridized carbons (Fsp3) is 0.227. The lowest BCUT2D eigenvalue weighted by molar-refractivity contribution is -0.136. The zero-order valence-corrected chi connectivity index (χ0v) is 16.6. The molecule has 164 valence electrons. The Morgan fingerprint density at radius 1 is 1.09 bits per heavy atom. The molecular formula is C22H17F2N3O5. The zero-order valence-electron chi connectivity index (χ0n) is 16.6. The number of nitrogens with one attached hydrogen (secondary N) is 2. The quantitative estimate of drug-likeness (QED) is 0.412. The van der Waals surface area contributed by atoms with Crippen molar-refractivity contribution in [3.63, 3.8) is 0 Å². The van der Waals surface area contributed by atoms with Crippen LogP contribution in [0, 0.1) is 11.6 Å². The number of fused-ring (bicyclic) bond motifs is 1. The van der Waals surface area contributed by atoms with E-state index in [1.54, 1.807) is 18.2 Å². The van der Waals surface area contributed by atoms with Crippen LogP contribution in [-0.4, -0.2) is 40.4 Å². The van der Waals surface area contributed by atoms with Gasteiger partial charge in [-0.15, -0.1) is 0 Å². The van der Waals surface area contributed by atoms with Crippen molar-refractivity contribution in [1.82, 2.24) is 15.5 Å². The third-order valence-corrected chi connectivity index (χ3v) is 5.51. The first-order valence-corrected chi connectivity index (χ1v) is 9.79. The molecule has 1 atom stereocenters. The Kier molecular flexibility index (Phi) is 5.52. The van der Waals surface area contributed by atoms with Crippen LogP contribution in [0.25, 0.3) is 0 Å². The first-order chi connectivity index (χ1) is 15.3. The smallest absolute Gasteiger partial charge is 0.292 e. The van der Waals surface area contributed by atoms with E-state index in [4.69, 9.17) is 0 Å². The summed E-state index contributed by atoms with van der Waals surface area (Å²) in [5.74, 6) is -5.69. The van der Waals surface area contributed by atoms with Crippen molar-refractivity contribution in [2.45, 2.75) is 32.0 Å². The Labute approximate surface area is 180 Å². The highest BCUT2D eigenvalue weighted by atomic mass is 19.2. The molecule has 0 spiro atoms. The number of piperidine rings is 1. The number of benzene rings is 2. The first kappa shape index (κ1) is 21.3. The second-order valence-corrected chi connectivity index (χ2v) is 7.48. The molecule has 1 unspecified atom stereocenters. The van der Waals surface area contributed by atoms with Crippen molar-refractivity contribution in [3.8, 4) is 0 Å². The molecule has 32 heavy (non-hydrogen) atoms. The van der Waals surface area contributed by atoms with E-state index in [1.807, 2.05) is 0 Å². The summed E-state index contributed by atoms with van der Waals surface area (Å²) in [6.45, 7) is 0.0253. The second kappa shape index (κ2) is 8.29. The van der Waals surface area contributed by atoms with Gasteiger partial charge in [0.05, 0.1) is 0 Å². The van der Waals surface area contributed by atoms with E-state index >= 15 is 0 Å². The van der Waals surface area contributed by atoms with Gasteiger partial charge in [-0.2, -0.15) is 0 Å². The van der Waals surface area contributed by atoms with Crippen LogP contribution in [-0.2, 0) is 27.5 Å². The molecule has 2 aliphatic rings. The van der Waals surface area contributed by atoms with Crippen LogP contribution in [0.2, 0.25) is 0 Å². The van der Waals surface area contributed by atoms with Crippen molar-refractivity contribution < 1.29 is 32.8 Å². The molecule has 0 bridgehead atoms. The first-order valence-electron chi connectivity index (χ1n) is 9.79. The van der Waals surface area contributed by atoms with Crippen LogP contribution in [0.3, 0.4) is 0 Å². The Morgan fingerprint density at radius 3 is 2.59 bits per heavy atom. The Balaban J connectivity index is 1.47. The molecule has 2 heterocycles. The van der Waals surface area contributed by atoms with Gasteiger partial charge in [-0.3, -0.25) is 29.3 Å². The zero-order chi connectivity index (χ0) is 23.0. The second-order valence-electron chi connectivity index (χ2n) is 7.48. The lowest BCUT2D eigenvalue weighted by Crippen LogP contribution is -2.52. The number of rotatable bonds is 5. The molecule has 4 amide bonds. The average molecular weight is 441 g/mol. The van der Waals surface area contributed by atoms with E-state index in [9.17, 15) is 32.8 Å². The molecule has 0 saturated carbocycles. The SMILES string of the molecule is O=C1CCC(N2Cc3c(CNC(=O)C(=O)c4ccc(F)c(F)c4)cccc3C2=O)C(=O)N1. The number of carbonyl (C=O) groups is 5. The van der Waals surface area contributed by atoms with Crippen molar-refractivity contribution in [2.24, 2.45) is 0 Å². The molecular weight excluding hydrogens is 424 g/mol. The van der Waals surface area contributed by atoms with Gasteiger partial charge in [0.2, 0.25) is 17.6 Å². The molecule has 8 nitrogen and oxygen atoms in total. The van der Waals surface area contributed by atoms with E-state index in [0.717, 1.165) is 12.1 Å². The average Bonchev–Trinajstić information content (AvgIpc) is 3.10. The third kappa shape index (κ3) is 3.86. The summed E-state index contributed by atoms with van der Waals surface area (Å²) in [5, 5.41) is 4.65. The van der Waals surface area contributed by atoms with Crippen LogP contribution in [0.15, 0.2) is 36.4 Å². The molecule has 0 radical (unpaired) electrons. The fourth-order valence-electron chi connectivity index (χ4n) is 3.84. The van der Waals surface area contributed by atoms with Gasteiger partial charge in [0, 0.05) is 30.6 Å². The summed E-state index contributed by atoms with van der Waals surface area (Å²) in [4.78, 5) is 62.2. The molecule has 2 aromatic rings. The number of carbonyl (C=O) groups excluding carboxylic acids is 5. The van der Waals surface area contributed by atoms with Crippen LogP contribution >= 0.6 is 0 Å². The monoisotopic (exact) mass is 441 g/mol. The number of hydrogen-bond acceptors (Lipinski definition) is 5. The van der Waals surface area contributed by atoms with Crippen LogP contribution in [0.1, 0.15) is 44.7 Å². The molecule has 2 aliphatic heterocycles. The Morgan fingerprint density at radius 2 is 1.88 bits per heavy atom. The van der Waals surface area contributed by atoms with Gasteiger partial charge in [0.25, 0.3) is 11.8 Å². The minimum atomic E-state index is -1.24. The number of nitrogens with zero attached hydrogens (tertiary/aromatic N) is 1. The molecule has 1 saturated heterocycles. The number of halogens is 2. The van der Waals surface area contributed by atoms with Gasteiger partial charge in [0.1, 0.15) is 6.04 Å². The maximum atomic E-state index is 13.3. The Hall–Kier alpha value is -3.95. The molecule has 4 rings (SSSR count). The molecule has 1 fully saturated rings. The highest BCUT2D eigenvalue weighted by molar-refractivity contribution is 6.42. The van der Waals surface area contributed by atoms with Crippen molar-refractivity contribution in [2.75, 3.05) is 0 Å². The fourth-order valence-corrected chi connectivity index (χ4v) is 3.84. The largest absolute Gasteiger partial charge is 0.345 e. The topological polar surface area (TPSA) is 113 Å². The van der Waals surface area contributed by atoms with Crippen molar-refractivity contribution >= 4 is 29.4 Å². The van der Waals surface area contributed by atoms with E-state index in [-0.39, 0.29) is 43.3 Å². The van der Waals surface area contributed by atoms with Crippen LogP contribution < -0.4 is 10.6 Å². The van der Waals surface area contributed by atoms with E-state index < -0.39 is 35.3 Å². The normalized spacial score (nSPS) is 17.8. The summed E-state index contributed by atoms with van der Waals surface area (Å²) in [6.07, 6.45) is 0.352. The molecule has 0 aliphatic carbocycles. The number of imide groups is 1. The van der Waals surface area contributed by atoms with Gasteiger partial charge >= 0.3 is 0 Å². The van der Waals surface area contributed by atoms with Crippen LogP contribution in [0.5, 0.6) is 0 Å². The molecule has 0 aromatic heterocycles. The summed E-state index contributed by atoms with van der Waals surface area (Å²) in [7, 11) is 0. The lowest BCUT2D eigenvalue weighted by Gasteiger charge is -2.29. The molecule has 2 N–H and O–H groups in total.